The molecule has 4 aromatic carbocycles. The SMILES string of the molecule is Nc1ccccc1SN(CCC(=O)Nc1ccc(N2CCN(C(=O)Nc3c(Cl)cccc3Cl)CC2)cc1)Cc1cccc(Cl)c1. The van der Waals surface area contributed by atoms with Crippen LogP contribution in [0.2, 0.25) is 15.1 Å². The Morgan fingerprint density at radius 2 is 1.51 bits per heavy atom. The van der Waals surface area contributed by atoms with Crippen molar-refractivity contribution in [3.63, 3.8) is 0 Å². The van der Waals surface area contributed by atoms with E-state index < -0.39 is 0 Å². The number of hydrogen-bond donors (Lipinski definition) is 3. The molecule has 0 atom stereocenters. The summed E-state index contributed by atoms with van der Waals surface area (Å²) in [6.07, 6.45) is 0.297. The van der Waals surface area contributed by atoms with Crippen molar-refractivity contribution in [3.8, 4) is 0 Å². The lowest BCUT2D eigenvalue weighted by Gasteiger charge is -2.36. The highest BCUT2D eigenvalue weighted by Gasteiger charge is 2.23. The maximum absolute atomic E-state index is 12.9. The van der Waals surface area contributed by atoms with Gasteiger partial charge in [0.25, 0.3) is 0 Å². The highest BCUT2D eigenvalue weighted by atomic mass is 35.5. The normalized spacial score (nSPS) is 13.2. The van der Waals surface area contributed by atoms with E-state index >= 15 is 0 Å². The molecule has 4 aromatic rings. The van der Waals surface area contributed by atoms with E-state index in [0.717, 1.165) is 21.8 Å². The molecule has 1 heterocycles. The molecular formula is C33H33Cl3N6O2S. The molecule has 45 heavy (non-hydrogen) atoms. The summed E-state index contributed by atoms with van der Waals surface area (Å²) in [4.78, 5) is 30.6. The summed E-state index contributed by atoms with van der Waals surface area (Å²) >= 11 is 20.1. The second-order valence-electron chi connectivity index (χ2n) is 10.5. The van der Waals surface area contributed by atoms with Crippen LogP contribution >= 0.6 is 46.8 Å². The third-order valence-corrected chi connectivity index (χ3v) is 9.26. The minimum absolute atomic E-state index is 0.0845. The third-order valence-electron chi connectivity index (χ3n) is 7.26. The lowest BCUT2D eigenvalue weighted by atomic mass is 10.2. The van der Waals surface area contributed by atoms with Crippen LogP contribution in [0.4, 0.5) is 27.5 Å². The van der Waals surface area contributed by atoms with Gasteiger partial charge in [0.15, 0.2) is 0 Å². The number of nitrogen functional groups attached to an aromatic ring is 1. The molecule has 5 rings (SSSR count). The molecule has 8 nitrogen and oxygen atoms in total. The maximum Gasteiger partial charge on any atom is 0.322 e. The van der Waals surface area contributed by atoms with E-state index in [2.05, 4.69) is 19.8 Å². The van der Waals surface area contributed by atoms with Crippen molar-refractivity contribution in [3.05, 3.63) is 112 Å². The number of carbonyl (C=O) groups excluding carboxylic acids is 2. The van der Waals surface area contributed by atoms with Crippen molar-refractivity contribution in [1.82, 2.24) is 9.21 Å². The second-order valence-corrected chi connectivity index (χ2v) is 12.9. The summed E-state index contributed by atoms with van der Waals surface area (Å²) < 4.78 is 2.11. The molecule has 234 valence electrons. The minimum Gasteiger partial charge on any atom is -0.398 e. The van der Waals surface area contributed by atoms with Crippen LogP contribution in [0.3, 0.4) is 0 Å². The number of piperazine rings is 1. The van der Waals surface area contributed by atoms with Gasteiger partial charge in [-0.2, -0.15) is 0 Å². The van der Waals surface area contributed by atoms with Gasteiger partial charge >= 0.3 is 6.03 Å². The second kappa shape index (κ2) is 15.6. The van der Waals surface area contributed by atoms with Crippen LogP contribution in [0.25, 0.3) is 0 Å². The lowest BCUT2D eigenvalue weighted by molar-refractivity contribution is -0.116. The van der Waals surface area contributed by atoms with Gasteiger partial charge in [0, 0.05) is 72.7 Å². The number of nitrogens with two attached hydrogens (primary N) is 1. The van der Waals surface area contributed by atoms with Crippen LogP contribution < -0.4 is 21.3 Å². The molecule has 0 bridgehead atoms. The third kappa shape index (κ3) is 9.22. The van der Waals surface area contributed by atoms with Gasteiger partial charge in [-0.05, 0) is 78.2 Å². The smallest absolute Gasteiger partial charge is 0.322 e. The van der Waals surface area contributed by atoms with Crippen LogP contribution in [0.5, 0.6) is 0 Å². The first-order valence-corrected chi connectivity index (χ1v) is 16.3. The first-order valence-electron chi connectivity index (χ1n) is 14.4. The monoisotopic (exact) mass is 682 g/mol. The number of anilines is 4. The first-order chi connectivity index (χ1) is 21.7. The topological polar surface area (TPSA) is 93.9 Å². The van der Waals surface area contributed by atoms with Crippen LogP contribution in [0.15, 0.2) is 95.9 Å². The van der Waals surface area contributed by atoms with Crippen molar-refractivity contribution in [2.24, 2.45) is 0 Å². The van der Waals surface area contributed by atoms with Crippen molar-refractivity contribution in [2.75, 3.05) is 54.0 Å². The summed E-state index contributed by atoms with van der Waals surface area (Å²) in [6, 6.07) is 28.0. The van der Waals surface area contributed by atoms with Crippen LogP contribution in [0, 0.1) is 0 Å². The Labute approximate surface area is 282 Å². The molecule has 0 radical (unpaired) electrons. The number of benzene rings is 4. The van der Waals surface area contributed by atoms with Gasteiger partial charge in [0.1, 0.15) is 0 Å². The van der Waals surface area contributed by atoms with Gasteiger partial charge in [-0.3, -0.25) is 4.79 Å². The van der Waals surface area contributed by atoms with Crippen molar-refractivity contribution >= 4 is 81.4 Å². The highest BCUT2D eigenvalue weighted by Crippen LogP contribution is 2.31. The summed E-state index contributed by atoms with van der Waals surface area (Å²) in [5.41, 5.74) is 10.1. The molecule has 0 spiro atoms. The van der Waals surface area contributed by atoms with Crippen LogP contribution in [-0.2, 0) is 11.3 Å². The quantitative estimate of drug-likeness (QED) is 0.116. The Hall–Kier alpha value is -3.60. The van der Waals surface area contributed by atoms with E-state index in [4.69, 9.17) is 40.5 Å². The fraction of sp³-hybridized carbons (Fsp3) is 0.212. The van der Waals surface area contributed by atoms with Gasteiger partial charge in [0.2, 0.25) is 5.91 Å². The molecule has 1 fully saturated rings. The summed E-state index contributed by atoms with van der Waals surface area (Å²) in [6.45, 7) is 3.54. The number of carbonyl (C=O) groups is 2. The predicted octanol–water partition coefficient (Wildman–Crippen LogP) is 8.12. The van der Waals surface area contributed by atoms with Crippen molar-refractivity contribution in [2.45, 2.75) is 17.9 Å². The molecule has 0 aromatic heterocycles. The number of nitrogens with zero attached hydrogens (tertiary/aromatic N) is 3. The molecule has 0 unspecified atom stereocenters. The molecule has 1 aliphatic rings. The van der Waals surface area contributed by atoms with E-state index in [1.54, 1.807) is 23.1 Å². The van der Waals surface area contributed by atoms with Crippen molar-refractivity contribution in [1.29, 1.82) is 0 Å². The average Bonchev–Trinajstić information content (AvgIpc) is 3.03. The molecule has 12 heteroatoms. The van der Waals surface area contributed by atoms with Crippen LogP contribution in [-0.4, -0.2) is 53.9 Å². The van der Waals surface area contributed by atoms with Gasteiger partial charge < -0.3 is 26.2 Å². The standard InChI is InChI=1S/C33H33Cl3N6O2S/c34-24-6-3-5-23(21-24)22-42(45-30-10-2-1-9-29(30)37)16-15-31(43)38-25-11-13-26(14-12-25)40-17-19-41(20-18-40)33(44)39-32-27(35)7-4-8-28(32)36/h1-14,21H,15-20,22,37H2,(H,38,43)(H,39,44). The number of rotatable bonds is 10. The zero-order valence-electron chi connectivity index (χ0n) is 24.4. The molecule has 3 amide bonds. The summed E-state index contributed by atoms with van der Waals surface area (Å²) in [7, 11) is 0. The number of nitrogens with one attached hydrogen (secondary N) is 2. The highest BCUT2D eigenvalue weighted by molar-refractivity contribution is 7.97. The van der Waals surface area contributed by atoms with E-state index in [9.17, 15) is 9.59 Å². The molecule has 1 saturated heterocycles. The zero-order valence-corrected chi connectivity index (χ0v) is 27.5. The fourth-order valence-electron chi connectivity index (χ4n) is 4.87. The fourth-order valence-corrected chi connectivity index (χ4v) is 6.57. The predicted molar refractivity (Wildman–Crippen MR) is 188 cm³/mol. The summed E-state index contributed by atoms with van der Waals surface area (Å²) in [5, 5.41) is 7.29. The number of hydrogen-bond acceptors (Lipinski definition) is 6. The number of halogens is 3. The Morgan fingerprint density at radius 1 is 0.822 bits per heavy atom. The Morgan fingerprint density at radius 3 is 2.20 bits per heavy atom. The minimum atomic E-state index is -0.237. The van der Waals surface area contributed by atoms with Gasteiger partial charge in [-0.25, -0.2) is 9.10 Å². The zero-order chi connectivity index (χ0) is 31.8. The van der Waals surface area contributed by atoms with Crippen molar-refractivity contribution < 1.29 is 9.59 Å². The Bertz CT molecular complexity index is 1610. The first kappa shape index (κ1) is 32.8. The lowest BCUT2D eigenvalue weighted by Crippen LogP contribution is -2.50. The van der Waals surface area contributed by atoms with E-state index in [-0.39, 0.29) is 11.9 Å². The molecule has 0 aliphatic carbocycles. The molecule has 4 N–H and O–H groups in total. The van der Waals surface area contributed by atoms with Gasteiger partial charge in [0.05, 0.1) is 15.7 Å². The van der Waals surface area contributed by atoms with E-state index in [1.807, 2.05) is 72.8 Å². The van der Waals surface area contributed by atoms with Gasteiger partial charge in [-0.1, -0.05) is 65.1 Å². The van der Waals surface area contributed by atoms with E-state index in [0.29, 0.717) is 72.1 Å². The average molecular weight is 684 g/mol. The van der Waals surface area contributed by atoms with Gasteiger partial charge in [-0.15, -0.1) is 0 Å². The number of amides is 3. The number of para-hydroxylation sites is 2. The Balaban J connectivity index is 1.12. The van der Waals surface area contributed by atoms with Crippen LogP contribution in [0.1, 0.15) is 12.0 Å². The summed E-state index contributed by atoms with van der Waals surface area (Å²) in [5.74, 6) is -0.0845. The number of urea groups is 1. The maximum atomic E-state index is 12.9. The van der Waals surface area contributed by atoms with E-state index in [1.165, 1.54) is 11.9 Å². The Kier molecular flexibility index (Phi) is 11.4. The molecule has 1 aliphatic heterocycles. The largest absolute Gasteiger partial charge is 0.398 e. The molecule has 0 saturated carbocycles. The molecular weight excluding hydrogens is 651 g/mol.